The lowest BCUT2D eigenvalue weighted by molar-refractivity contribution is -0.139. The Morgan fingerprint density at radius 2 is 1.65 bits per heavy atom. The Morgan fingerprint density at radius 1 is 0.971 bits per heavy atom. The highest BCUT2D eigenvalue weighted by Gasteiger charge is 2.14. The van der Waals surface area contributed by atoms with E-state index in [1.54, 1.807) is 32.0 Å². The van der Waals surface area contributed by atoms with Gasteiger partial charge in [0.2, 0.25) is 0 Å². The average molecular weight is 469 g/mol. The van der Waals surface area contributed by atoms with Gasteiger partial charge >= 0.3 is 11.8 Å². The third-order valence-electron chi connectivity index (χ3n) is 4.57. The summed E-state index contributed by atoms with van der Waals surface area (Å²) in [6, 6.07) is 8.86. The number of amides is 3. The van der Waals surface area contributed by atoms with Crippen molar-refractivity contribution in [1.29, 1.82) is 0 Å². The van der Waals surface area contributed by atoms with Crippen molar-refractivity contribution < 1.29 is 23.9 Å². The first-order valence-electron chi connectivity index (χ1n) is 11.0. The van der Waals surface area contributed by atoms with Crippen LogP contribution >= 0.6 is 0 Å². The third-order valence-corrected chi connectivity index (χ3v) is 4.57. The van der Waals surface area contributed by atoms with Crippen molar-refractivity contribution in [1.82, 2.24) is 10.7 Å². The lowest BCUT2D eigenvalue weighted by atomic mass is 10.1. The molecule has 0 radical (unpaired) electrons. The highest BCUT2D eigenvalue weighted by atomic mass is 16.5. The SMILES string of the molecule is CCOc1cc(/C=N\NC(=O)C(=O)NC(C)C)ccc1OCC(=O)Nc1c(C)cc(C)cc1C. The summed E-state index contributed by atoms with van der Waals surface area (Å²) < 4.78 is 11.3. The zero-order chi connectivity index (χ0) is 25.3. The van der Waals surface area contributed by atoms with Gasteiger partial charge in [-0.05, 0) is 76.4 Å². The fourth-order valence-electron chi connectivity index (χ4n) is 3.23. The molecule has 3 amide bonds. The Bertz CT molecular complexity index is 1060. The minimum absolute atomic E-state index is 0.157. The maximum absolute atomic E-state index is 12.5. The number of carbonyl (C=O) groups excluding carboxylic acids is 3. The zero-order valence-electron chi connectivity index (χ0n) is 20.4. The van der Waals surface area contributed by atoms with E-state index in [9.17, 15) is 14.4 Å². The first kappa shape index (κ1) is 26.4. The molecule has 3 N–H and O–H groups in total. The molecule has 0 spiro atoms. The van der Waals surface area contributed by atoms with E-state index < -0.39 is 11.8 Å². The molecule has 0 atom stereocenters. The molecule has 0 fully saturated rings. The van der Waals surface area contributed by atoms with Gasteiger partial charge in [-0.15, -0.1) is 0 Å². The summed E-state index contributed by atoms with van der Waals surface area (Å²) in [6.07, 6.45) is 1.38. The van der Waals surface area contributed by atoms with Crippen molar-refractivity contribution >= 4 is 29.6 Å². The van der Waals surface area contributed by atoms with Gasteiger partial charge in [0.1, 0.15) is 0 Å². The number of hydrazone groups is 1. The predicted octanol–water partition coefficient (Wildman–Crippen LogP) is 3.00. The number of anilines is 1. The summed E-state index contributed by atoms with van der Waals surface area (Å²) >= 11 is 0. The zero-order valence-corrected chi connectivity index (χ0v) is 20.4. The van der Waals surface area contributed by atoms with Crippen LogP contribution in [0.25, 0.3) is 0 Å². The van der Waals surface area contributed by atoms with Crippen LogP contribution in [0.15, 0.2) is 35.4 Å². The molecular formula is C25H32N4O5. The number of carbonyl (C=O) groups is 3. The van der Waals surface area contributed by atoms with Gasteiger partial charge in [-0.1, -0.05) is 17.7 Å². The third kappa shape index (κ3) is 7.91. The molecular weight excluding hydrogens is 436 g/mol. The van der Waals surface area contributed by atoms with Crippen molar-refractivity contribution in [2.45, 2.75) is 47.6 Å². The van der Waals surface area contributed by atoms with E-state index in [0.717, 1.165) is 22.4 Å². The van der Waals surface area contributed by atoms with E-state index in [2.05, 4.69) is 21.2 Å². The average Bonchev–Trinajstić information content (AvgIpc) is 2.75. The number of nitrogens with one attached hydrogen (secondary N) is 3. The van der Waals surface area contributed by atoms with E-state index in [1.165, 1.54) is 6.21 Å². The first-order chi connectivity index (χ1) is 16.1. The molecule has 9 nitrogen and oxygen atoms in total. The number of hydrogen-bond acceptors (Lipinski definition) is 6. The molecule has 0 unspecified atom stereocenters. The van der Waals surface area contributed by atoms with Crippen LogP contribution < -0.4 is 25.5 Å². The Balaban J connectivity index is 2.01. The fraction of sp³-hybridized carbons (Fsp3) is 0.360. The second-order valence-electron chi connectivity index (χ2n) is 8.08. The summed E-state index contributed by atoms with van der Waals surface area (Å²) in [6.45, 7) is 11.4. The molecule has 0 bridgehead atoms. The van der Waals surface area contributed by atoms with Crippen LogP contribution in [0.1, 0.15) is 43.0 Å². The summed E-state index contributed by atoms with van der Waals surface area (Å²) in [5, 5.41) is 9.18. The molecule has 0 saturated carbocycles. The van der Waals surface area contributed by atoms with E-state index in [4.69, 9.17) is 9.47 Å². The number of hydrogen-bond donors (Lipinski definition) is 3. The molecule has 2 rings (SSSR count). The number of nitrogens with zero attached hydrogens (tertiary/aromatic N) is 1. The van der Waals surface area contributed by atoms with Crippen molar-refractivity contribution in [2.24, 2.45) is 5.10 Å². The molecule has 0 aromatic heterocycles. The normalized spacial score (nSPS) is 10.8. The van der Waals surface area contributed by atoms with Crippen molar-refractivity contribution in [3.8, 4) is 11.5 Å². The molecule has 2 aromatic carbocycles. The Labute approximate surface area is 199 Å². The number of rotatable bonds is 9. The molecule has 34 heavy (non-hydrogen) atoms. The van der Waals surface area contributed by atoms with Crippen molar-refractivity contribution in [2.75, 3.05) is 18.5 Å². The number of aryl methyl sites for hydroxylation is 3. The van der Waals surface area contributed by atoms with E-state index in [-0.39, 0.29) is 18.6 Å². The minimum atomic E-state index is -0.861. The van der Waals surface area contributed by atoms with Crippen molar-refractivity contribution in [3.63, 3.8) is 0 Å². The van der Waals surface area contributed by atoms with Gasteiger partial charge in [-0.3, -0.25) is 14.4 Å². The Morgan fingerprint density at radius 3 is 2.26 bits per heavy atom. The van der Waals surface area contributed by atoms with Crippen LogP contribution in [-0.2, 0) is 14.4 Å². The van der Waals surface area contributed by atoms with Gasteiger partial charge < -0.3 is 20.1 Å². The maximum atomic E-state index is 12.5. The van der Waals surface area contributed by atoms with Gasteiger partial charge in [0.15, 0.2) is 18.1 Å². The van der Waals surface area contributed by atoms with Crippen LogP contribution in [0, 0.1) is 20.8 Å². The van der Waals surface area contributed by atoms with Crippen molar-refractivity contribution in [3.05, 3.63) is 52.6 Å². The standard InChI is InChI=1S/C25H32N4O5/c1-7-33-21-12-19(13-26-29-25(32)24(31)27-15(2)3)8-9-20(21)34-14-22(30)28-23-17(5)10-16(4)11-18(23)6/h8-13,15H,7,14H2,1-6H3,(H,27,31)(H,28,30)(H,29,32)/b26-13-. The second kappa shape index (κ2) is 12.4. The van der Waals surface area contributed by atoms with Gasteiger partial charge in [0.05, 0.1) is 12.8 Å². The molecule has 9 heteroatoms. The molecule has 182 valence electrons. The van der Waals surface area contributed by atoms with Crippen LogP contribution in [0.4, 0.5) is 5.69 Å². The first-order valence-corrected chi connectivity index (χ1v) is 11.0. The second-order valence-corrected chi connectivity index (χ2v) is 8.08. The van der Waals surface area contributed by atoms with Gasteiger partial charge in [0, 0.05) is 11.7 Å². The lowest BCUT2D eigenvalue weighted by Gasteiger charge is -2.15. The van der Waals surface area contributed by atoms with Crippen LogP contribution in [0.3, 0.4) is 0 Å². The summed E-state index contributed by atoms with van der Waals surface area (Å²) in [5.41, 5.74) is 6.66. The molecule has 2 aromatic rings. The fourth-order valence-corrected chi connectivity index (χ4v) is 3.23. The topological polar surface area (TPSA) is 118 Å². The summed E-state index contributed by atoms with van der Waals surface area (Å²) in [7, 11) is 0. The van der Waals surface area contributed by atoms with Gasteiger partial charge in [-0.25, -0.2) is 5.43 Å². The van der Waals surface area contributed by atoms with Gasteiger partial charge in [0.25, 0.3) is 5.91 Å². The van der Waals surface area contributed by atoms with E-state index >= 15 is 0 Å². The van der Waals surface area contributed by atoms with E-state index in [1.807, 2.05) is 39.8 Å². The molecule has 0 heterocycles. The van der Waals surface area contributed by atoms with E-state index in [0.29, 0.717) is 23.7 Å². The van der Waals surface area contributed by atoms with Crippen LogP contribution in [0.2, 0.25) is 0 Å². The van der Waals surface area contributed by atoms with Gasteiger partial charge in [-0.2, -0.15) is 5.10 Å². The highest BCUT2D eigenvalue weighted by Crippen LogP contribution is 2.28. The smallest absolute Gasteiger partial charge is 0.329 e. The Kier molecular flexibility index (Phi) is 9.61. The predicted molar refractivity (Wildman–Crippen MR) is 131 cm³/mol. The molecule has 0 saturated heterocycles. The molecule has 0 aliphatic rings. The van der Waals surface area contributed by atoms with Crippen LogP contribution in [-0.4, -0.2) is 43.2 Å². The summed E-state index contributed by atoms with van der Waals surface area (Å²) in [4.78, 5) is 35.8. The quantitative estimate of drug-likeness (QED) is 0.297. The monoisotopic (exact) mass is 468 g/mol. The minimum Gasteiger partial charge on any atom is -0.490 e. The Hall–Kier alpha value is -3.88. The maximum Gasteiger partial charge on any atom is 0.329 e. The summed E-state index contributed by atoms with van der Waals surface area (Å²) in [5.74, 6) is -1.09. The lowest BCUT2D eigenvalue weighted by Crippen LogP contribution is -2.41. The molecule has 0 aliphatic heterocycles. The number of benzene rings is 2. The highest BCUT2D eigenvalue weighted by molar-refractivity contribution is 6.35. The van der Waals surface area contributed by atoms with Crippen LogP contribution in [0.5, 0.6) is 11.5 Å². The largest absolute Gasteiger partial charge is 0.490 e. The molecule has 0 aliphatic carbocycles. The number of ether oxygens (including phenoxy) is 2.